The van der Waals surface area contributed by atoms with Crippen molar-refractivity contribution in [2.75, 3.05) is 11.5 Å². The summed E-state index contributed by atoms with van der Waals surface area (Å²) in [6.45, 7) is 5.32. The maximum absolute atomic E-state index is 13.5. The van der Waals surface area contributed by atoms with Crippen molar-refractivity contribution in [1.29, 1.82) is 0 Å². The molecule has 0 saturated heterocycles. The van der Waals surface area contributed by atoms with Gasteiger partial charge in [-0.05, 0) is 110 Å². The van der Waals surface area contributed by atoms with Gasteiger partial charge in [0, 0.05) is 6.07 Å². The summed E-state index contributed by atoms with van der Waals surface area (Å²) >= 11 is 7.88. The lowest BCUT2D eigenvalue weighted by molar-refractivity contribution is 0.121. The van der Waals surface area contributed by atoms with Crippen LogP contribution in [0.4, 0.5) is 4.39 Å². The largest absolute Gasteiger partial charge is 0.493 e. The van der Waals surface area contributed by atoms with Crippen LogP contribution in [-0.2, 0) is 0 Å². The van der Waals surface area contributed by atoms with Crippen LogP contribution in [-0.4, -0.2) is 11.5 Å². The smallest absolute Gasteiger partial charge is 0.145 e. The van der Waals surface area contributed by atoms with E-state index in [1.807, 2.05) is 4.93 Å². The van der Waals surface area contributed by atoms with Crippen LogP contribution in [0.3, 0.4) is 0 Å². The molecule has 0 spiro atoms. The van der Waals surface area contributed by atoms with Gasteiger partial charge in [0.15, 0.2) is 0 Å². The van der Waals surface area contributed by atoms with Crippen molar-refractivity contribution < 1.29 is 9.13 Å². The second kappa shape index (κ2) is 24.2. The van der Waals surface area contributed by atoms with Gasteiger partial charge < -0.3 is 4.74 Å². The Morgan fingerprint density at radius 3 is 1.48 bits per heavy atom. The first-order valence-corrected chi connectivity index (χ1v) is 22.5. The summed E-state index contributed by atoms with van der Waals surface area (Å²) in [5.74, 6) is 7.08. The van der Waals surface area contributed by atoms with Gasteiger partial charge in [-0.3, -0.25) is 0 Å². The zero-order valence-corrected chi connectivity index (χ0v) is 33.1. The first-order valence-electron chi connectivity index (χ1n) is 20.0. The van der Waals surface area contributed by atoms with Crippen molar-refractivity contribution in [3.63, 3.8) is 0 Å². The zero-order chi connectivity index (χ0) is 33.0. The Morgan fingerprint density at radius 2 is 1.04 bits per heavy atom. The molecular weight excluding hydrogens is 702 g/mol. The van der Waals surface area contributed by atoms with Gasteiger partial charge in [0.1, 0.15) is 11.6 Å². The summed E-state index contributed by atoms with van der Waals surface area (Å²) in [5, 5.41) is 0.156. The third-order valence-corrected chi connectivity index (χ3v) is 12.8. The van der Waals surface area contributed by atoms with E-state index in [-0.39, 0.29) is 5.02 Å². The van der Waals surface area contributed by atoms with E-state index < -0.39 is 5.82 Å². The molecule has 0 radical (unpaired) electrons. The zero-order valence-electron chi connectivity index (χ0n) is 30.2. The molecule has 0 N–H and O–H groups in total. The second-order valence-corrected chi connectivity index (χ2v) is 16.0. The van der Waals surface area contributed by atoms with Crippen molar-refractivity contribution in [2.24, 2.45) is 41.4 Å². The quantitative estimate of drug-likeness (QED) is 0.110. The van der Waals surface area contributed by atoms with Gasteiger partial charge in [0.05, 0.1) is 11.6 Å². The molecule has 0 amide bonds. The number of benzene rings is 1. The van der Waals surface area contributed by atoms with Gasteiger partial charge >= 0.3 is 0 Å². The number of rotatable bonds is 13. The monoisotopic (exact) mass is 772 g/mol. The van der Waals surface area contributed by atoms with Gasteiger partial charge in [0.2, 0.25) is 0 Å². The van der Waals surface area contributed by atoms with E-state index in [4.69, 9.17) is 16.3 Å². The lowest BCUT2D eigenvalue weighted by Crippen LogP contribution is -2.27. The molecule has 1 aromatic rings. The van der Waals surface area contributed by atoms with Gasteiger partial charge in [0.25, 0.3) is 0 Å². The number of hydrogen-bond donors (Lipinski definition) is 0. The Bertz CT molecular complexity index is 880. The topological polar surface area (TPSA) is 9.23 Å². The number of unbranched alkanes of at least 4 members (excludes halogenated alkanes) is 4. The summed E-state index contributed by atoms with van der Waals surface area (Å²) in [4.78, 5) is 1.97. The molecule has 4 saturated carbocycles. The molecule has 4 heteroatoms. The van der Waals surface area contributed by atoms with Gasteiger partial charge in [-0.2, -0.15) is 0 Å². The molecule has 0 atom stereocenters. The minimum atomic E-state index is -0.400. The predicted molar refractivity (Wildman–Crippen MR) is 208 cm³/mol. The molecule has 0 heterocycles. The lowest BCUT2D eigenvalue weighted by Gasteiger charge is -2.38. The third-order valence-electron chi connectivity index (χ3n) is 12.5. The van der Waals surface area contributed by atoms with Crippen LogP contribution >= 0.6 is 34.2 Å². The van der Waals surface area contributed by atoms with Crippen molar-refractivity contribution in [1.82, 2.24) is 0 Å². The Balaban J connectivity index is 0.000000260. The van der Waals surface area contributed by atoms with Crippen molar-refractivity contribution >= 4 is 34.2 Å². The van der Waals surface area contributed by atoms with Crippen LogP contribution in [0.5, 0.6) is 5.75 Å². The van der Waals surface area contributed by atoms with Gasteiger partial charge in [-0.25, -0.2) is 4.39 Å². The van der Waals surface area contributed by atoms with Crippen LogP contribution in [0.2, 0.25) is 5.02 Å². The molecule has 266 valence electrons. The molecule has 0 aliphatic heterocycles. The van der Waals surface area contributed by atoms with Gasteiger partial charge in [-0.15, -0.1) is 0 Å². The Kier molecular flexibility index (Phi) is 21.2. The number of ether oxygens (including phenoxy) is 1. The highest BCUT2D eigenvalue weighted by Crippen LogP contribution is 2.43. The molecular formula is C42H71ClFIO. The number of alkyl halides is 1. The average Bonchev–Trinajstić information content (AvgIpc) is 3.11. The number of hydrogen-bond acceptors (Lipinski definition) is 1. The summed E-state index contributed by atoms with van der Waals surface area (Å²) in [6.07, 6.45) is 36.6. The predicted octanol–water partition coefficient (Wildman–Crippen LogP) is 15.1. The summed E-state index contributed by atoms with van der Waals surface area (Å²) in [6, 6.07) is 4.73. The molecule has 1 nitrogen and oxygen atoms in total. The first kappa shape index (κ1) is 40.4. The van der Waals surface area contributed by atoms with Crippen LogP contribution in [0.1, 0.15) is 174 Å². The summed E-state index contributed by atoms with van der Waals surface area (Å²) in [7, 11) is 0. The van der Waals surface area contributed by atoms with Crippen LogP contribution < -0.4 is 4.74 Å². The summed E-state index contributed by atoms with van der Waals surface area (Å²) < 4.78 is 19.3. The highest BCUT2D eigenvalue weighted by atomic mass is 127. The molecule has 46 heavy (non-hydrogen) atoms. The Labute approximate surface area is 303 Å². The molecule has 5 rings (SSSR count). The summed E-state index contributed by atoms with van der Waals surface area (Å²) in [5.41, 5.74) is 0. The van der Waals surface area contributed by atoms with Crippen LogP contribution in [0, 0.1) is 47.2 Å². The molecule has 1 aromatic carbocycles. The first-order chi connectivity index (χ1) is 22.6. The van der Waals surface area contributed by atoms with Crippen LogP contribution in [0.15, 0.2) is 18.2 Å². The van der Waals surface area contributed by atoms with E-state index in [0.717, 1.165) is 35.5 Å². The fraction of sp³-hybridized carbons (Fsp3) is 0.857. The van der Waals surface area contributed by atoms with E-state index in [9.17, 15) is 4.39 Å². The standard InChI is InChI=1S/C24H36ClFO.C17H32.CH3I/c1-2-3-4-5-18-6-10-20(11-7-18)21-12-8-19(9-13-21)17-27-22-14-15-23(25)24(26)16-22;1-2-3-5-8-15-11-13-17(14-12-15)16-9-6-4-7-10-16;1-2/h14-16,18-21H,2-13,17H2,1H3;15-17H,2-14H2,1H3;1H3. The average molecular weight is 773 g/mol. The Hall–Kier alpha value is -0.0300. The normalized spacial score (nSPS) is 28.7. The van der Waals surface area contributed by atoms with Crippen molar-refractivity contribution in [3.8, 4) is 5.75 Å². The van der Waals surface area contributed by atoms with Gasteiger partial charge in [-0.1, -0.05) is 157 Å². The fourth-order valence-corrected chi connectivity index (χ4v) is 9.59. The lowest BCUT2D eigenvalue weighted by atomic mass is 9.69. The minimum absolute atomic E-state index is 0.156. The maximum atomic E-state index is 13.5. The van der Waals surface area contributed by atoms with E-state index in [2.05, 4.69) is 36.4 Å². The van der Waals surface area contributed by atoms with Crippen molar-refractivity contribution in [3.05, 3.63) is 29.0 Å². The van der Waals surface area contributed by atoms with E-state index >= 15 is 0 Å². The molecule has 0 aromatic heterocycles. The fourth-order valence-electron chi connectivity index (χ4n) is 9.48. The minimum Gasteiger partial charge on any atom is -0.493 e. The molecule has 4 aliphatic carbocycles. The Morgan fingerprint density at radius 1 is 0.609 bits per heavy atom. The highest BCUT2D eigenvalue weighted by molar-refractivity contribution is 14.1. The molecule has 0 unspecified atom stereocenters. The highest BCUT2D eigenvalue weighted by Gasteiger charge is 2.31. The molecule has 4 fully saturated rings. The SMILES string of the molecule is CCCCCC1CCC(C2CCC(COc3ccc(Cl)c(F)c3)CC2)CC1.CCCCCC1CCC(C2CCCCC2)CC1.CI. The van der Waals surface area contributed by atoms with E-state index in [1.54, 1.807) is 50.7 Å². The molecule has 4 aliphatic rings. The number of halogens is 3. The van der Waals surface area contributed by atoms with E-state index in [0.29, 0.717) is 18.3 Å². The maximum Gasteiger partial charge on any atom is 0.145 e. The molecule has 0 bridgehead atoms. The van der Waals surface area contributed by atoms with Crippen LogP contribution in [0.25, 0.3) is 0 Å². The third kappa shape index (κ3) is 14.8. The second-order valence-electron chi connectivity index (χ2n) is 15.6. The van der Waals surface area contributed by atoms with Crippen molar-refractivity contribution in [2.45, 2.75) is 174 Å². The van der Waals surface area contributed by atoms with E-state index in [1.165, 1.54) is 128 Å².